The number of thiophene rings is 1. The molecule has 0 aliphatic heterocycles. The normalized spacial score (nSPS) is 23.8. The van der Waals surface area contributed by atoms with Crippen LogP contribution in [0.3, 0.4) is 0 Å². The third-order valence-electron chi connectivity index (χ3n) is 4.43. The summed E-state index contributed by atoms with van der Waals surface area (Å²) < 4.78 is 0.901. The fourth-order valence-electron chi connectivity index (χ4n) is 2.67. The van der Waals surface area contributed by atoms with Gasteiger partial charge in [-0.3, -0.25) is 4.79 Å². The van der Waals surface area contributed by atoms with E-state index in [1.807, 2.05) is 26.0 Å². The Morgan fingerprint density at radius 3 is 2.81 bits per heavy atom. The monoisotopic (exact) mass is 324 g/mol. The van der Waals surface area contributed by atoms with Gasteiger partial charge in [-0.25, -0.2) is 0 Å². The zero-order valence-corrected chi connectivity index (χ0v) is 13.4. The number of carbonyl (C=O) groups excluding carboxylic acids is 1. The number of carbonyl (C=O) groups is 1. The van der Waals surface area contributed by atoms with Gasteiger partial charge in [-0.05, 0) is 18.6 Å². The highest BCUT2D eigenvalue weighted by Gasteiger charge is 2.48. The first-order chi connectivity index (χ1) is 9.82. The number of hydrogen-bond donors (Lipinski definition) is 3. The lowest BCUT2D eigenvalue weighted by molar-refractivity contribution is -0.0689. The molecule has 1 aromatic heterocycles. The summed E-state index contributed by atoms with van der Waals surface area (Å²) in [7, 11) is 0. The number of aliphatic hydroxyl groups excluding tert-OH is 1. The number of nitrogens with two attached hydrogens (primary N) is 1. The first kappa shape index (κ1) is 14.6. The summed E-state index contributed by atoms with van der Waals surface area (Å²) in [4.78, 5) is 12.9. The summed E-state index contributed by atoms with van der Waals surface area (Å²) in [5, 5.41) is 14.0. The fraction of sp³-hybridized carbons (Fsp3) is 0.400. The number of amides is 1. The Balaban J connectivity index is 1.89. The number of nitrogen functional groups attached to an aromatic ring is 1. The maximum absolute atomic E-state index is 12.4. The van der Waals surface area contributed by atoms with Crippen molar-refractivity contribution in [1.82, 2.24) is 5.32 Å². The highest BCUT2D eigenvalue weighted by atomic mass is 35.5. The SMILES string of the molecule is CC1(C)C(O)CC1NC(=O)c1sc2cccc(Cl)c2c1N. The van der Waals surface area contributed by atoms with E-state index in [-0.39, 0.29) is 23.5 Å². The summed E-state index contributed by atoms with van der Waals surface area (Å²) in [6.07, 6.45) is 0.196. The predicted octanol–water partition coefficient (Wildman–Crippen LogP) is 3.03. The standard InChI is InChI=1S/C15H17ClN2O2S/c1-15(2)9(6-10(15)19)18-14(20)13-12(17)11-7(16)4-3-5-8(11)21-13/h3-5,9-10,19H,6,17H2,1-2H3,(H,18,20). The second-order valence-electron chi connectivity index (χ2n) is 6.06. The molecule has 2 unspecified atom stereocenters. The number of halogens is 1. The molecule has 0 saturated heterocycles. The Labute approximate surface area is 131 Å². The van der Waals surface area contributed by atoms with Crippen molar-refractivity contribution in [2.45, 2.75) is 32.4 Å². The lowest BCUT2D eigenvalue weighted by Crippen LogP contribution is -2.61. The molecule has 1 aliphatic carbocycles. The molecule has 1 heterocycles. The molecule has 2 atom stereocenters. The average Bonchev–Trinajstić information content (AvgIpc) is 2.77. The van der Waals surface area contributed by atoms with E-state index in [1.54, 1.807) is 6.07 Å². The van der Waals surface area contributed by atoms with Crippen LogP contribution in [0, 0.1) is 5.41 Å². The summed E-state index contributed by atoms with van der Waals surface area (Å²) in [6, 6.07) is 5.46. The van der Waals surface area contributed by atoms with E-state index < -0.39 is 0 Å². The number of hydrogen-bond acceptors (Lipinski definition) is 4. The number of rotatable bonds is 2. The molecule has 6 heteroatoms. The minimum absolute atomic E-state index is 0.0416. The van der Waals surface area contributed by atoms with Crippen LogP contribution < -0.4 is 11.1 Å². The van der Waals surface area contributed by atoms with Gasteiger partial charge in [-0.2, -0.15) is 0 Å². The van der Waals surface area contributed by atoms with E-state index >= 15 is 0 Å². The summed E-state index contributed by atoms with van der Waals surface area (Å²) in [6.45, 7) is 3.88. The number of nitrogens with one attached hydrogen (secondary N) is 1. The molecule has 0 radical (unpaired) electrons. The van der Waals surface area contributed by atoms with Crippen molar-refractivity contribution >= 4 is 44.6 Å². The van der Waals surface area contributed by atoms with Crippen LogP contribution in [0.2, 0.25) is 5.02 Å². The molecule has 2 aromatic rings. The Kier molecular flexibility index (Phi) is 3.39. The van der Waals surface area contributed by atoms with Crippen LogP contribution in [0.5, 0.6) is 0 Å². The van der Waals surface area contributed by atoms with E-state index in [1.165, 1.54) is 11.3 Å². The van der Waals surface area contributed by atoms with Gasteiger partial charge in [0.05, 0.1) is 16.8 Å². The molecule has 112 valence electrons. The molecule has 1 saturated carbocycles. The highest BCUT2D eigenvalue weighted by Crippen LogP contribution is 2.42. The van der Waals surface area contributed by atoms with Gasteiger partial charge >= 0.3 is 0 Å². The van der Waals surface area contributed by atoms with Crippen molar-refractivity contribution in [2.24, 2.45) is 5.41 Å². The van der Waals surface area contributed by atoms with Crippen molar-refractivity contribution in [2.75, 3.05) is 5.73 Å². The van der Waals surface area contributed by atoms with Gasteiger partial charge in [-0.1, -0.05) is 31.5 Å². The van der Waals surface area contributed by atoms with Crippen LogP contribution in [0.4, 0.5) is 5.69 Å². The lowest BCUT2D eigenvalue weighted by Gasteiger charge is -2.49. The van der Waals surface area contributed by atoms with Crippen LogP contribution in [0.1, 0.15) is 29.9 Å². The van der Waals surface area contributed by atoms with Crippen LogP contribution in [0.15, 0.2) is 18.2 Å². The Morgan fingerprint density at radius 1 is 1.52 bits per heavy atom. The van der Waals surface area contributed by atoms with Gasteiger partial charge in [0.15, 0.2) is 0 Å². The van der Waals surface area contributed by atoms with Crippen LogP contribution in [0.25, 0.3) is 10.1 Å². The molecule has 4 N–H and O–H groups in total. The first-order valence-corrected chi connectivity index (χ1v) is 7.97. The maximum Gasteiger partial charge on any atom is 0.263 e. The Bertz CT molecular complexity index is 726. The molecule has 21 heavy (non-hydrogen) atoms. The third-order valence-corrected chi connectivity index (χ3v) is 5.91. The van der Waals surface area contributed by atoms with Crippen molar-refractivity contribution in [3.63, 3.8) is 0 Å². The van der Waals surface area contributed by atoms with Gasteiger partial charge in [0.2, 0.25) is 0 Å². The summed E-state index contributed by atoms with van der Waals surface area (Å²) in [5.41, 5.74) is 6.21. The second-order valence-corrected chi connectivity index (χ2v) is 7.52. The molecule has 0 bridgehead atoms. The molecule has 1 fully saturated rings. The number of fused-ring (bicyclic) bond motifs is 1. The van der Waals surface area contributed by atoms with E-state index in [2.05, 4.69) is 5.32 Å². The molecular weight excluding hydrogens is 308 g/mol. The molecule has 3 rings (SSSR count). The fourth-order valence-corrected chi connectivity index (χ4v) is 4.05. The van der Waals surface area contributed by atoms with Crippen molar-refractivity contribution in [3.8, 4) is 0 Å². The summed E-state index contributed by atoms with van der Waals surface area (Å²) in [5.74, 6) is -0.199. The zero-order chi connectivity index (χ0) is 15.4. The average molecular weight is 325 g/mol. The molecule has 1 aromatic carbocycles. The first-order valence-electron chi connectivity index (χ1n) is 6.77. The molecule has 4 nitrogen and oxygen atoms in total. The minimum atomic E-state index is -0.378. The van der Waals surface area contributed by atoms with E-state index in [0.29, 0.717) is 22.0 Å². The Hall–Kier alpha value is -1.30. The van der Waals surface area contributed by atoms with Crippen LogP contribution in [-0.4, -0.2) is 23.2 Å². The predicted molar refractivity (Wildman–Crippen MR) is 86.9 cm³/mol. The Morgan fingerprint density at radius 2 is 2.24 bits per heavy atom. The van der Waals surface area contributed by atoms with Crippen molar-refractivity contribution in [1.29, 1.82) is 0 Å². The van der Waals surface area contributed by atoms with Gasteiger partial charge in [-0.15, -0.1) is 11.3 Å². The van der Waals surface area contributed by atoms with E-state index in [9.17, 15) is 9.90 Å². The maximum atomic E-state index is 12.4. The van der Waals surface area contributed by atoms with Crippen LogP contribution in [-0.2, 0) is 0 Å². The van der Waals surface area contributed by atoms with Gasteiger partial charge < -0.3 is 16.2 Å². The smallest absolute Gasteiger partial charge is 0.263 e. The van der Waals surface area contributed by atoms with Crippen molar-refractivity contribution in [3.05, 3.63) is 28.1 Å². The molecular formula is C15H17ClN2O2S. The highest BCUT2D eigenvalue weighted by molar-refractivity contribution is 7.21. The third kappa shape index (κ3) is 2.20. The van der Waals surface area contributed by atoms with E-state index in [0.717, 1.165) is 10.1 Å². The number of anilines is 1. The second kappa shape index (κ2) is 4.87. The lowest BCUT2D eigenvalue weighted by atomic mass is 9.64. The van der Waals surface area contributed by atoms with Gasteiger partial charge in [0.25, 0.3) is 5.91 Å². The van der Waals surface area contributed by atoms with E-state index in [4.69, 9.17) is 17.3 Å². The zero-order valence-electron chi connectivity index (χ0n) is 11.8. The molecule has 1 aliphatic rings. The van der Waals surface area contributed by atoms with Gasteiger partial charge in [0.1, 0.15) is 4.88 Å². The molecule has 0 spiro atoms. The quantitative estimate of drug-likeness (QED) is 0.794. The minimum Gasteiger partial charge on any atom is -0.397 e. The topological polar surface area (TPSA) is 75.3 Å². The number of benzene rings is 1. The molecule has 1 amide bonds. The van der Waals surface area contributed by atoms with Crippen molar-refractivity contribution < 1.29 is 9.90 Å². The largest absolute Gasteiger partial charge is 0.397 e. The van der Waals surface area contributed by atoms with Crippen LogP contribution >= 0.6 is 22.9 Å². The summed E-state index contributed by atoms with van der Waals surface area (Å²) >= 11 is 7.49. The van der Waals surface area contributed by atoms with Gasteiger partial charge in [0, 0.05) is 21.5 Å². The number of aliphatic hydroxyl groups is 1.